The predicted molar refractivity (Wildman–Crippen MR) is 83.9 cm³/mol. The molecule has 21 heavy (non-hydrogen) atoms. The minimum atomic E-state index is -0.222. The first kappa shape index (κ1) is 13.7. The van der Waals surface area contributed by atoms with Gasteiger partial charge in [-0.25, -0.2) is 4.79 Å². The topological polar surface area (TPSA) is 38.3 Å². The standard InChI is InChI=1S/C18H19NO2/c1-2-21-18(20)17-11-14(12-19-17)9-13-7-8-15-5-3-4-6-16(15)10-13/h3-8,10,12,17,19H,2,9,11H2,1H3. The van der Waals surface area contributed by atoms with Crippen molar-refractivity contribution in [2.75, 3.05) is 6.61 Å². The average molecular weight is 281 g/mol. The molecule has 1 atom stereocenters. The Bertz CT molecular complexity index is 690. The molecule has 0 spiro atoms. The molecule has 1 unspecified atom stereocenters. The Kier molecular flexibility index (Phi) is 3.91. The van der Waals surface area contributed by atoms with Gasteiger partial charge in [0.25, 0.3) is 0 Å². The molecule has 2 aromatic rings. The number of nitrogens with one attached hydrogen (secondary N) is 1. The molecule has 0 bridgehead atoms. The Morgan fingerprint density at radius 1 is 1.24 bits per heavy atom. The summed E-state index contributed by atoms with van der Waals surface area (Å²) >= 11 is 0. The van der Waals surface area contributed by atoms with Crippen LogP contribution in [0.5, 0.6) is 0 Å². The van der Waals surface area contributed by atoms with Crippen molar-refractivity contribution in [3.05, 3.63) is 59.8 Å². The van der Waals surface area contributed by atoms with Crippen molar-refractivity contribution < 1.29 is 9.53 Å². The molecule has 108 valence electrons. The second-order valence-electron chi connectivity index (χ2n) is 5.34. The fourth-order valence-electron chi connectivity index (χ4n) is 2.73. The van der Waals surface area contributed by atoms with E-state index in [1.54, 1.807) is 0 Å². The van der Waals surface area contributed by atoms with E-state index in [4.69, 9.17) is 4.74 Å². The van der Waals surface area contributed by atoms with Crippen molar-refractivity contribution in [1.82, 2.24) is 5.32 Å². The van der Waals surface area contributed by atoms with Crippen LogP contribution in [0.1, 0.15) is 18.9 Å². The molecular formula is C18H19NO2. The predicted octanol–water partition coefficient (Wildman–Crippen LogP) is 3.19. The zero-order valence-electron chi connectivity index (χ0n) is 12.1. The van der Waals surface area contributed by atoms with Crippen molar-refractivity contribution in [1.29, 1.82) is 0 Å². The molecule has 0 saturated heterocycles. The Morgan fingerprint density at radius 2 is 2.05 bits per heavy atom. The molecule has 0 aromatic heterocycles. The number of benzene rings is 2. The second kappa shape index (κ2) is 6.00. The highest BCUT2D eigenvalue weighted by Gasteiger charge is 2.24. The Hall–Kier alpha value is -2.29. The van der Waals surface area contributed by atoms with Gasteiger partial charge in [-0.2, -0.15) is 0 Å². The van der Waals surface area contributed by atoms with E-state index in [2.05, 4.69) is 47.8 Å². The molecule has 0 amide bonds. The maximum atomic E-state index is 11.7. The molecule has 0 aliphatic carbocycles. The molecule has 1 aliphatic rings. The van der Waals surface area contributed by atoms with Gasteiger partial charge in [0.05, 0.1) is 6.61 Å². The van der Waals surface area contributed by atoms with E-state index in [-0.39, 0.29) is 12.0 Å². The highest BCUT2D eigenvalue weighted by atomic mass is 16.5. The number of fused-ring (bicyclic) bond motifs is 1. The van der Waals surface area contributed by atoms with Crippen molar-refractivity contribution >= 4 is 16.7 Å². The molecule has 1 heterocycles. The Labute approximate surface area is 124 Å². The molecule has 1 aliphatic heterocycles. The van der Waals surface area contributed by atoms with Crippen LogP contribution in [-0.4, -0.2) is 18.6 Å². The third-order valence-electron chi connectivity index (χ3n) is 3.77. The lowest BCUT2D eigenvalue weighted by atomic mass is 9.99. The van der Waals surface area contributed by atoms with E-state index in [0.717, 1.165) is 12.8 Å². The van der Waals surface area contributed by atoms with Crippen LogP contribution in [-0.2, 0) is 16.0 Å². The average Bonchev–Trinajstić information content (AvgIpc) is 2.96. The van der Waals surface area contributed by atoms with Gasteiger partial charge in [0.1, 0.15) is 6.04 Å². The monoisotopic (exact) mass is 281 g/mol. The number of carbonyl (C=O) groups excluding carboxylic acids is 1. The lowest BCUT2D eigenvalue weighted by Crippen LogP contribution is -2.31. The smallest absolute Gasteiger partial charge is 0.328 e. The van der Waals surface area contributed by atoms with Gasteiger partial charge in [0.2, 0.25) is 0 Å². The lowest BCUT2D eigenvalue weighted by molar-refractivity contribution is -0.145. The van der Waals surface area contributed by atoms with Crippen molar-refractivity contribution in [3.8, 4) is 0 Å². The summed E-state index contributed by atoms with van der Waals surface area (Å²) < 4.78 is 5.05. The maximum absolute atomic E-state index is 11.7. The summed E-state index contributed by atoms with van der Waals surface area (Å²) in [5, 5.41) is 5.62. The number of rotatable bonds is 4. The summed E-state index contributed by atoms with van der Waals surface area (Å²) in [4.78, 5) is 11.7. The third-order valence-corrected chi connectivity index (χ3v) is 3.77. The van der Waals surface area contributed by atoms with E-state index in [1.807, 2.05) is 13.1 Å². The lowest BCUT2D eigenvalue weighted by Gasteiger charge is -2.10. The first-order chi connectivity index (χ1) is 10.3. The van der Waals surface area contributed by atoms with Crippen LogP contribution in [0.3, 0.4) is 0 Å². The molecule has 3 nitrogen and oxygen atoms in total. The van der Waals surface area contributed by atoms with Gasteiger partial charge in [-0.3, -0.25) is 0 Å². The van der Waals surface area contributed by atoms with Gasteiger partial charge in [-0.15, -0.1) is 0 Å². The largest absolute Gasteiger partial charge is 0.464 e. The number of carbonyl (C=O) groups is 1. The minimum absolute atomic E-state index is 0.165. The summed E-state index contributed by atoms with van der Waals surface area (Å²) in [5.41, 5.74) is 2.51. The summed E-state index contributed by atoms with van der Waals surface area (Å²) in [6.45, 7) is 2.26. The van der Waals surface area contributed by atoms with Gasteiger partial charge < -0.3 is 10.1 Å². The molecule has 2 aromatic carbocycles. The molecule has 3 rings (SSSR count). The van der Waals surface area contributed by atoms with Gasteiger partial charge in [0, 0.05) is 6.42 Å². The van der Waals surface area contributed by atoms with E-state index >= 15 is 0 Å². The number of ether oxygens (including phenoxy) is 1. The third kappa shape index (κ3) is 3.07. The van der Waals surface area contributed by atoms with Crippen molar-refractivity contribution in [2.45, 2.75) is 25.8 Å². The maximum Gasteiger partial charge on any atom is 0.328 e. The summed E-state index contributed by atoms with van der Waals surface area (Å²) in [7, 11) is 0. The fraction of sp³-hybridized carbons (Fsp3) is 0.278. The summed E-state index contributed by atoms with van der Waals surface area (Å²) in [5.74, 6) is -0.165. The molecule has 1 N–H and O–H groups in total. The minimum Gasteiger partial charge on any atom is -0.464 e. The number of hydrogen-bond donors (Lipinski definition) is 1. The van der Waals surface area contributed by atoms with Crippen LogP contribution in [0.15, 0.2) is 54.2 Å². The van der Waals surface area contributed by atoms with Crippen LogP contribution in [0.25, 0.3) is 10.8 Å². The number of hydrogen-bond acceptors (Lipinski definition) is 3. The Balaban J connectivity index is 1.67. The van der Waals surface area contributed by atoms with Gasteiger partial charge in [-0.1, -0.05) is 42.5 Å². The highest BCUT2D eigenvalue weighted by molar-refractivity contribution is 5.83. The first-order valence-corrected chi connectivity index (χ1v) is 7.34. The molecule has 0 fully saturated rings. The van der Waals surface area contributed by atoms with Gasteiger partial charge >= 0.3 is 5.97 Å². The highest BCUT2D eigenvalue weighted by Crippen LogP contribution is 2.21. The van der Waals surface area contributed by atoms with Crippen LogP contribution < -0.4 is 5.32 Å². The quantitative estimate of drug-likeness (QED) is 0.875. The molecule has 3 heteroatoms. The van der Waals surface area contributed by atoms with Crippen LogP contribution >= 0.6 is 0 Å². The van der Waals surface area contributed by atoms with E-state index in [1.165, 1.54) is 21.9 Å². The van der Waals surface area contributed by atoms with Crippen LogP contribution in [0.2, 0.25) is 0 Å². The Morgan fingerprint density at radius 3 is 2.86 bits per heavy atom. The van der Waals surface area contributed by atoms with E-state index in [0.29, 0.717) is 6.61 Å². The van der Waals surface area contributed by atoms with E-state index in [9.17, 15) is 4.79 Å². The zero-order chi connectivity index (χ0) is 14.7. The van der Waals surface area contributed by atoms with E-state index < -0.39 is 0 Å². The molecular weight excluding hydrogens is 262 g/mol. The normalized spacial score (nSPS) is 17.4. The van der Waals surface area contributed by atoms with Crippen molar-refractivity contribution in [3.63, 3.8) is 0 Å². The van der Waals surface area contributed by atoms with Crippen molar-refractivity contribution in [2.24, 2.45) is 0 Å². The number of esters is 1. The molecule has 0 radical (unpaired) electrons. The molecule has 0 saturated carbocycles. The fourth-order valence-corrected chi connectivity index (χ4v) is 2.73. The van der Waals surface area contributed by atoms with Crippen LogP contribution in [0, 0.1) is 0 Å². The summed E-state index contributed by atoms with van der Waals surface area (Å²) in [6, 6.07) is 14.6. The zero-order valence-corrected chi connectivity index (χ0v) is 12.1. The first-order valence-electron chi connectivity index (χ1n) is 7.34. The second-order valence-corrected chi connectivity index (χ2v) is 5.34. The van der Waals surface area contributed by atoms with Gasteiger partial charge in [-0.05, 0) is 41.5 Å². The van der Waals surface area contributed by atoms with Gasteiger partial charge in [0.15, 0.2) is 0 Å². The summed E-state index contributed by atoms with van der Waals surface area (Å²) in [6.07, 6.45) is 3.55. The van der Waals surface area contributed by atoms with Crippen LogP contribution in [0.4, 0.5) is 0 Å². The SMILES string of the molecule is CCOC(=O)C1CC(Cc2ccc3ccccc3c2)=CN1.